The van der Waals surface area contributed by atoms with Crippen molar-refractivity contribution in [2.24, 2.45) is 10.4 Å². The van der Waals surface area contributed by atoms with Crippen molar-refractivity contribution < 1.29 is 0 Å². The number of anilines is 1. The molecule has 0 N–H and O–H groups in total. The molecule has 0 bridgehead atoms. The average molecular weight is 237 g/mol. The van der Waals surface area contributed by atoms with Crippen LogP contribution in [-0.2, 0) is 0 Å². The Hall–Kier alpha value is -2.20. The van der Waals surface area contributed by atoms with Gasteiger partial charge in [-0.3, -0.25) is 9.82 Å². The summed E-state index contributed by atoms with van der Waals surface area (Å²) in [5.41, 5.74) is 0. The van der Waals surface area contributed by atoms with E-state index >= 15 is 0 Å². The van der Waals surface area contributed by atoms with Crippen LogP contribution in [0.3, 0.4) is 0 Å². The molecule has 17 heavy (non-hydrogen) atoms. The Bertz CT molecular complexity index is 447. The standard InChI is InChI=1S/C6H14BN10/c1-14(2)5-8-10-12-16(5)7-17-6(15(3)4)9-11-13-17/h7H2,1-4H3. The number of aromatic nitrogens is 4. The molecular formula is C6H14BN10. The van der Waals surface area contributed by atoms with Gasteiger partial charge in [-0.2, -0.15) is 0 Å². The fourth-order valence-electron chi connectivity index (χ4n) is 1.65. The van der Waals surface area contributed by atoms with E-state index in [-0.39, 0.29) is 0 Å². The Labute approximate surface area is 98.8 Å². The second-order valence-corrected chi connectivity index (χ2v) is 4.19. The number of guanidine groups is 1. The Morgan fingerprint density at radius 2 is 1.94 bits per heavy atom. The first-order valence-corrected chi connectivity index (χ1v) is 5.22. The van der Waals surface area contributed by atoms with Gasteiger partial charge in [0.05, 0.1) is 5.22 Å². The van der Waals surface area contributed by atoms with Crippen molar-refractivity contribution in [3.8, 4) is 0 Å². The molecule has 2 rings (SSSR count). The fraction of sp³-hybridized carbons (Fsp3) is 0.667. The van der Waals surface area contributed by atoms with Gasteiger partial charge in [-0.05, 0) is 5.21 Å². The molecule has 11 heteroatoms. The first-order valence-electron chi connectivity index (χ1n) is 5.22. The molecule has 91 valence electrons. The maximum atomic E-state index is 3.95. The third kappa shape index (κ3) is 2.17. The van der Waals surface area contributed by atoms with Crippen molar-refractivity contribution in [3.63, 3.8) is 0 Å². The van der Waals surface area contributed by atoms with Crippen LogP contribution in [0.15, 0.2) is 10.4 Å². The van der Waals surface area contributed by atoms with Gasteiger partial charge in [-0.15, -0.1) is 0 Å². The minimum atomic E-state index is -0.878. The minimum Gasteiger partial charge on any atom is -0.359 e. The van der Waals surface area contributed by atoms with E-state index in [2.05, 4.69) is 31.1 Å². The quantitative estimate of drug-likeness (QED) is 0.537. The molecule has 0 saturated heterocycles. The topological polar surface area (TPSA) is 92.1 Å². The first kappa shape index (κ1) is 11.3. The molecule has 1 aromatic heterocycles. The van der Waals surface area contributed by atoms with E-state index in [4.69, 9.17) is 0 Å². The summed E-state index contributed by atoms with van der Waals surface area (Å²) in [6.45, 7) is 0. The lowest BCUT2D eigenvalue weighted by Crippen LogP contribution is -2.42. The molecular weight excluding hydrogens is 223 g/mol. The van der Waals surface area contributed by atoms with Crippen molar-refractivity contribution in [1.29, 1.82) is 0 Å². The Morgan fingerprint density at radius 1 is 1.18 bits per heavy atom. The number of rotatable bonds is 3. The number of hydrogen-bond acceptors (Lipinski definition) is 9. The van der Waals surface area contributed by atoms with Crippen LogP contribution in [0.5, 0.6) is 0 Å². The van der Waals surface area contributed by atoms with Crippen molar-refractivity contribution in [1.82, 2.24) is 35.0 Å². The summed E-state index contributed by atoms with van der Waals surface area (Å²) in [7, 11) is 6.68. The van der Waals surface area contributed by atoms with Gasteiger partial charge in [0.2, 0.25) is 5.95 Å². The average Bonchev–Trinajstić information content (AvgIpc) is 2.86. The lowest BCUT2D eigenvalue weighted by molar-refractivity contribution is 0.517. The minimum absolute atomic E-state index is 0.699. The van der Waals surface area contributed by atoms with Crippen LogP contribution in [0, 0.1) is 0 Å². The molecule has 0 aliphatic carbocycles. The second-order valence-electron chi connectivity index (χ2n) is 4.19. The molecule has 10 nitrogen and oxygen atoms in total. The molecule has 1 aliphatic rings. The maximum absolute atomic E-state index is 3.95. The largest absolute Gasteiger partial charge is 0.359 e. The normalized spacial score (nSPS) is 14.1. The van der Waals surface area contributed by atoms with Crippen LogP contribution >= 0.6 is 0 Å². The molecule has 0 atom stereocenters. The van der Waals surface area contributed by atoms with Crippen LogP contribution < -0.4 is 10.0 Å². The molecule has 1 aliphatic heterocycles. The highest BCUT2D eigenvalue weighted by Gasteiger charge is 2.24. The first-order chi connectivity index (χ1) is 8.09. The fourth-order valence-corrected chi connectivity index (χ4v) is 1.65. The zero-order chi connectivity index (χ0) is 12.4. The summed E-state index contributed by atoms with van der Waals surface area (Å²) in [6, 6.07) is 0. The van der Waals surface area contributed by atoms with E-state index in [0.29, 0.717) is 11.9 Å². The molecule has 0 spiro atoms. The lowest BCUT2D eigenvalue weighted by atomic mass is 10.2. The predicted octanol–water partition coefficient (Wildman–Crippen LogP) is -2.56. The maximum Gasteiger partial charge on any atom is 0.358 e. The van der Waals surface area contributed by atoms with E-state index < -0.39 is 7.55 Å². The van der Waals surface area contributed by atoms with Gasteiger partial charge in [-0.1, -0.05) is 10.3 Å². The van der Waals surface area contributed by atoms with Gasteiger partial charge in [0, 0.05) is 33.3 Å². The molecule has 0 aromatic carbocycles. The predicted molar refractivity (Wildman–Crippen MR) is 63.6 cm³/mol. The van der Waals surface area contributed by atoms with Crippen molar-refractivity contribution in [2.45, 2.75) is 0 Å². The summed E-state index contributed by atoms with van der Waals surface area (Å²) in [6.07, 6.45) is 0. The summed E-state index contributed by atoms with van der Waals surface area (Å²) >= 11 is 0. The Balaban J connectivity index is 2.14. The highest BCUT2D eigenvalue weighted by Crippen LogP contribution is 2.05. The van der Waals surface area contributed by atoms with Crippen LogP contribution in [0.2, 0.25) is 0 Å². The second kappa shape index (κ2) is 4.35. The van der Waals surface area contributed by atoms with Gasteiger partial charge in [0.15, 0.2) is 0 Å². The van der Waals surface area contributed by atoms with Crippen LogP contribution in [0.4, 0.5) is 5.95 Å². The number of tetrazole rings is 1. The summed E-state index contributed by atoms with van der Waals surface area (Å²) in [4.78, 5) is 5.44. The van der Waals surface area contributed by atoms with Gasteiger partial charge in [0.25, 0.3) is 7.55 Å². The van der Waals surface area contributed by atoms with E-state index in [9.17, 15) is 0 Å². The van der Waals surface area contributed by atoms with Gasteiger partial charge < -0.3 is 9.49 Å². The molecule has 2 heterocycles. The van der Waals surface area contributed by atoms with E-state index in [1.54, 1.807) is 9.51 Å². The SMILES string of the molecule is CN(C)C1=[N+]N=NN1[BH2-]n1nnnc1N(C)C. The van der Waals surface area contributed by atoms with Crippen LogP contribution in [-0.4, -0.2) is 71.6 Å². The van der Waals surface area contributed by atoms with Gasteiger partial charge in [-0.25, -0.2) is 0 Å². The zero-order valence-corrected chi connectivity index (χ0v) is 10.5. The van der Waals surface area contributed by atoms with E-state index in [0.717, 1.165) is 0 Å². The molecule has 1 aromatic rings. The van der Waals surface area contributed by atoms with Crippen molar-refractivity contribution in [3.05, 3.63) is 0 Å². The molecule has 0 fully saturated rings. The van der Waals surface area contributed by atoms with Crippen LogP contribution in [0.25, 0.3) is 0 Å². The van der Waals surface area contributed by atoms with Gasteiger partial charge in [0.1, 0.15) is 5.22 Å². The summed E-state index contributed by atoms with van der Waals surface area (Å²) in [5.74, 6) is 1.40. The highest BCUT2D eigenvalue weighted by atomic mass is 15.7. The Morgan fingerprint density at radius 3 is 2.59 bits per heavy atom. The van der Waals surface area contributed by atoms with Crippen molar-refractivity contribution in [2.75, 3.05) is 33.1 Å². The Kier molecular flexibility index (Phi) is 2.89. The monoisotopic (exact) mass is 237 g/mol. The molecule has 0 saturated carbocycles. The van der Waals surface area contributed by atoms with Crippen molar-refractivity contribution >= 4 is 19.5 Å². The number of hydrogen-bond donors (Lipinski definition) is 0. The molecule has 0 unspecified atom stereocenters. The van der Waals surface area contributed by atoms with Crippen LogP contribution in [0.1, 0.15) is 0 Å². The third-order valence-electron chi connectivity index (χ3n) is 2.37. The van der Waals surface area contributed by atoms with Gasteiger partial charge >= 0.3 is 5.96 Å². The highest BCUT2D eigenvalue weighted by molar-refractivity contribution is 6.35. The molecule has 1 radical (unpaired) electrons. The molecule has 0 amide bonds. The third-order valence-corrected chi connectivity index (χ3v) is 2.37. The zero-order valence-electron chi connectivity index (χ0n) is 10.5. The summed E-state index contributed by atoms with van der Waals surface area (Å²) < 4.78 is 1.74. The smallest absolute Gasteiger partial charge is 0.358 e. The lowest BCUT2D eigenvalue weighted by Gasteiger charge is -2.20. The van der Waals surface area contributed by atoms with E-state index in [1.165, 1.54) is 0 Å². The number of nitrogens with zero attached hydrogens (tertiary/aromatic N) is 10. The summed E-state index contributed by atoms with van der Waals surface area (Å²) in [5, 5.41) is 23.1. The van der Waals surface area contributed by atoms with E-state index in [1.807, 2.05) is 38.0 Å².